The van der Waals surface area contributed by atoms with Gasteiger partial charge in [0.1, 0.15) is 5.75 Å². The van der Waals surface area contributed by atoms with Crippen molar-refractivity contribution in [2.24, 2.45) is 5.92 Å². The second kappa shape index (κ2) is 8.66. The minimum atomic E-state index is 0.184. The fourth-order valence-corrected chi connectivity index (χ4v) is 2.58. The zero-order valence-corrected chi connectivity index (χ0v) is 13.8. The van der Waals surface area contributed by atoms with Gasteiger partial charge in [-0.05, 0) is 37.3 Å². The van der Waals surface area contributed by atoms with Crippen LogP contribution in [0.4, 0.5) is 5.69 Å². The Balaban J connectivity index is 1.78. The zero-order valence-electron chi connectivity index (χ0n) is 13.8. The van der Waals surface area contributed by atoms with E-state index in [9.17, 15) is 4.79 Å². The van der Waals surface area contributed by atoms with Gasteiger partial charge in [-0.2, -0.15) is 0 Å². The standard InChI is InChI=1S/C18H28N2O2/c1-3-4-12-22-17-7-5-6-16(13-17)19-14-18(21)20-10-8-15(2)9-11-20/h5-7,13,15,19H,3-4,8-12,14H2,1-2H3. The van der Waals surface area contributed by atoms with E-state index in [0.29, 0.717) is 6.54 Å². The number of unbranched alkanes of at least 4 members (excludes halogenated alkanes) is 1. The van der Waals surface area contributed by atoms with Gasteiger partial charge in [-0.3, -0.25) is 4.79 Å². The highest BCUT2D eigenvalue weighted by molar-refractivity contribution is 5.81. The van der Waals surface area contributed by atoms with Crippen LogP contribution < -0.4 is 10.1 Å². The normalized spacial score (nSPS) is 15.6. The van der Waals surface area contributed by atoms with Crippen LogP contribution in [0.25, 0.3) is 0 Å². The molecular weight excluding hydrogens is 276 g/mol. The van der Waals surface area contributed by atoms with Gasteiger partial charge in [0.05, 0.1) is 13.2 Å². The molecule has 0 aliphatic carbocycles. The lowest BCUT2D eigenvalue weighted by molar-refractivity contribution is -0.130. The van der Waals surface area contributed by atoms with Gasteiger partial charge in [-0.15, -0.1) is 0 Å². The van der Waals surface area contributed by atoms with Gasteiger partial charge >= 0.3 is 0 Å². The number of carbonyl (C=O) groups is 1. The van der Waals surface area contributed by atoms with Crippen LogP contribution in [-0.2, 0) is 4.79 Å². The third-order valence-corrected chi connectivity index (χ3v) is 4.18. The fraction of sp³-hybridized carbons (Fsp3) is 0.611. The summed E-state index contributed by atoms with van der Waals surface area (Å²) in [4.78, 5) is 14.2. The number of ether oxygens (including phenoxy) is 1. The molecule has 1 aromatic rings. The summed E-state index contributed by atoms with van der Waals surface area (Å²) in [5.74, 6) is 1.79. The second-order valence-corrected chi connectivity index (χ2v) is 6.15. The van der Waals surface area contributed by atoms with E-state index in [-0.39, 0.29) is 5.91 Å². The Labute approximate surface area is 133 Å². The molecule has 0 saturated carbocycles. The fourth-order valence-electron chi connectivity index (χ4n) is 2.58. The van der Waals surface area contributed by atoms with Gasteiger partial charge in [0, 0.05) is 24.8 Å². The minimum Gasteiger partial charge on any atom is -0.494 e. The number of rotatable bonds is 7. The summed E-state index contributed by atoms with van der Waals surface area (Å²) >= 11 is 0. The summed E-state index contributed by atoms with van der Waals surface area (Å²) in [6.07, 6.45) is 4.42. The summed E-state index contributed by atoms with van der Waals surface area (Å²) in [6.45, 7) is 7.28. The molecule has 1 aromatic carbocycles. The van der Waals surface area contributed by atoms with E-state index in [0.717, 1.165) is 62.7 Å². The topological polar surface area (TPSA) is 41.6 Å². The first-order valence-electron chi connectivity index (χ1n) is 8.43. The first kappa shape index (κ1) is 16.7. The number of anilines is 1. The third kappa shape index (κ3) is 5.24. The monoisotopic (exact) mass is 304 g/mol. The van der Waals surface area contributed by atoms with Crippen molar-refractivity contribution in [2.75, 3.05) is 31.6 Å². The van der Waals surface area contributed by atoms with Crippen LogP contribution >= 0.6 is 0 Å². The molecule has 4 heteroatoms. The van der Waals surface area contributed by atoms with E-state index < -0.39 is 0 Å². The van der Waals surface area contributed by atoms with Crippen LogP contribution in [0, 0.1) is 5.92 Å². The molecule has 1 N–H and O–H groups in total. The Morgan fingerprint density at radius 2 is 2.14 bits per heavy atom. The van der Waals surface area contributed by atoms with Crippen molar-refractivity contribution in [2.45, 2.75) is 39.5 Å². The van der Waals surface area contributed by atoms with E-state index in [2.05, 4.69) is 19.2 Å². The lowest BCUT2D eigenvalue weighted by Crippen LogP contribution is -2.40. The van der Waals surface area contributed by atoms with Gasteiger partial charge in [-0.25, -0.2) is 0 Å². The molecule has 0 aromatic heterocycles. The van der Waals surface area contributed by atoms with Crippen molar-refractivity contribution in [3.05, 3.63) is 24.3 Å². The average Bonchev–Trinajstić information content (AvgIpc) is 2.54. The molecule has 2 rings (SSSR count). The van der Waals surface area contributed by atoms with Crippen molar-refractivity contribution in [3.8, 4) is 5.75 Å². The number of nitrogens with zero attached hydrogens (tertiary/aromatic N) is 1. The quantitative estimate of drug-likeness (QED) is 0.783. The molecule has 4 nitrogen and oxygen atoms in total. The molecule has 122 valence electrons. The number of nitrogens with one attached hydrogen (secondary N) is 1. The van der Waals surface area contributed by atoms with Crippen molar-refractivity contribution in [1.29, 1.82) is 0 Å². The highest BCUT2D eigenvalue weighted by Crippen LogP contribution is 2.19. The average molecular weight is 304 g/mol. The van der Waals surface area contributed by atoms with E-state index in [1.54, 1.807) is 0 Å². The Morgan fingerprint density at radius 1 is 1.36 bits per heavy atom. The van der Waals surface area contributed by atoms with Crippen LogP contribution in [0.15, 0.2) is 24.3 Å². The van der Waals surface area contributed by atoms with Crippen molar-refractivity contribution < 1.29 is 9.53 Å². The molecule has 22 heavy (non-hydrogen) atoms. The van der Waals surface area contributed by atoms with Crippen LogP contribution in [0.1, 0.15) is 39.5 Å². The van der Waals surface area contributed by atoms with Gasteiger partial charge in [0.2, 0.25) is 5.91 Å². The SMILES string of the molecule is CCCCOc1cccc(NCC(=O)N2CCC(C)CC2)c1. The smallest absolute Gasteiger partial charge is 0.241 e. The number of likely N-dealkylation sites (tertiary alicyclic amines) is 1. The number of benzene rings is 1. The lowest BCUT2D eigenvalue weighted by Gasteiger charge is -2.30. The van der Waals surface area contributed by atoms with E-state index >= 15 is 0 Å². The molecule has 1 aliphatic heterocycles. The third-order valence-electron chi connectivity index (χ3n) is 4.18. The highest BCUT2D eigenvalue weighted by Gasteiger charge is 2.19. The first-order chi connectivity index (χ1) is 10.7. The van der Waals surface area contributed by atoms with E-state index in [1.165, 1.54) is 0 Å². The van der Waals surface area contributed by atoms with Gasteiger partial charge < -0.3 is 15.0 Å². The maximum Gasteiger partial charge on any atom is 0.241 e. The molecule has 0 bridgehead atoms. The van der Waals surface area contributed by atoms with E-state index in [4.69, 9.17) is 4.74 Å². The summed E-state index contributed by atoms with van der Waals surface area (Å²) < 4.78 is 5.69. The summed E-state index contributed by atoms with van der Waals surface area (Å²) in [5, 5.41) is 3.21. The summed E-state index contributed by atoms with van der Waals surface area (Å²) in [7, 11) is 0. The first-order valence-corrected chi connectivity index (χ1v) is 8.43. The van der Waals surface area contributed by atoms with Crippen LogP contribution in [0.2, 0.25) is 0 Å². The Kier molecular flexibility index (Phi) is 6.56. The number of piperidine rings is 1. The van der Waals surface area contributed by atoms with Gasteiger partial charge in [-0.1, -0.05) is 26.3 Å². The number of carbonyl (C=O) groups excluding carboxylic acids is 1. The number of hydrogen-bond acceptors (Lipinski definition) is 3. The highest BCUT2D eigenvalue weighted by atomic mass is 16.5. The minimum absolute atomic E-state index is 0.184. The predicted molar refractivity (Wildman–Crippen MR) is 90.3 cm³/mol. The maximum atomic E-state index is 12.2. The molecule has 1 aliphatic rings. The predicted octanol–water partition coefficient (Wildman–Crippen LogP) is 3.54. The second-order valence-electron chi connectivity index (χ2n) is 6.15. The molecule has 0 radical (unpaired) electrons. The van der Waals surface area contributed by atoms with Crippen LogP contribution in [0.5, 0.6) is 5.75 Å². The molecule has 0 unspecified atom stereocenters. The van der Waals surface area contributed by atoms with Crippen molar-refractivity contribution in [1.82, 2.24) is 4.90 Å². The number of amides is 1. The van der Waals surface area contributed by atoms with Crippen molar-refractivity contribution >= 4 is 11.6 Å². The van der Waals surface area contributed by atoms with E-state index in [1.807, 2.05) is 29.2 Å². The molecule has 0 spiro atoms. The van der Waals surface area contributed by atoms with Gasteiger partial charge in [0.25, 0.3) is 0 Å². The zero-order chi connectivity index (χ0) is 15.8. The van der Waals surface area contributed by atoms with Crippen molar-refractivity contribution in [3.63, 3.8) is 0 Å². The number of hydrogen-bond donors (Lipinski definition) is 1. The molecule has 1 saturated heterocycles. The van der Waals surface area contributed by atoms with Crippen LogP contribution in [0.3, 0.4) is 0 Å². The molecule has 0 atom stereocenters. The maximum absolute atomic E-state index is 12.2. The summed E-state index contributed by atoms with van der Waals surface area (Å²) in [5.41, 5.74) is 0.938. The molecular formula is C18H28N2O2. The summed E-state index contributed by atoms with van der Waals surface area (Å²) in [6, 6.07) is 7.84. The Morgan fingerprint density at radius 3 is 2.86 bits per heavy atom. The Hall–Kier alpha value is -1.71. The molecule has 1 fully saturated rings. The largest absolute Gasteiger partial charge is 0.494 e. The Bertz CT molecular complexity index is 468. The molecule has 1 heterocycles. The van der Waals surface area contributed by atoms with Crippen LogP contribution in [-0.4, -0.2) is 37.0 Å². The van der Waals surface area contributed by atoms with Gasteiger partial charge in [0.15, 0.2) is 0 Å². The molecule has 1 amide bonds. The lowest BCUT2D eigenvalue weighted by atomic mass is 9.99.